The van der Waals surface area contributed by atoms with Crippen LogP contribution in [0.5, 0.6) is 5.75 Å². The third-order valence-electron chi connectivity index (χ3n) is 3.33. The Labute approximate surface area is 118 Å². The van der Waals surface area contributed by atoms with E-state index in [1.807, 2.05) is 54.6 Å². The van der Waals surface area contributed by atoms with Gasteiger partial charge in [-0.1, -0.05) is 48.5 Å². The van der Waals surface area contributed by atoms with E-state index in [-0.39, 0.29) is 0 Å². The number of para-hydroxylation sites is 1. The van der Waals surface area contributed by atoms with Crippen molar-refractivity contribution in [2.75, 3.05) is 7.11 Å². The van der Waals surface area contributed by atoms with Crippen molar-refractivity contribution in [2.45, 2.75) is 12.8 Å². The molecule has 0 aliphatic heterocycles. The third-order valence-corrected chi connectivity index (χ3v) is 3.33. The lowest BCUT2D eigenvalue weighted by Crippen LogP contribution is -2.19. The molecule has 2 aromatic rings. The van der Waals surface area contributed by atoms with Gasteiger partial charge in [0.2, 0.25) is 0 Å². The Balaban J connectivity index is 2.16. The Bertz CT molecular complexity index is 563. The maximum atomic E-state index is 11.5. The number of hydrogen-bond acceptors (Lipinski definition) is 2. The van der Waals surface area contributed by atoms with E-state index >= 15 is 0 Å². The van der Waals surface area contributed by atoms with Crippen molar-refractivity contribution in [1.82, 2.24) is 0 Å². The van der Waals surface area contributed by atoms with Gasteiger partial charge in [0.15, 0.2) is 0 Å². The lowest BCUT2D eigenvalue weighted by Gasteiger charge is -2.14. The van der Waals surface area contributed by atoms with Crippen LogP contribution in [0.3, 0.4) is 0 Å². The number of carboxylic acid groups (broad SMARTS) is 1. The van der Waals surface area contributed by atoms with Gasteiger partial charge in [-0.3, -0.25) is 4.79 Å². The van der Waals surface area contributed by atoms with Crippen molar-refractivity contribution in [3.63, 3.8) is 0 Å². The minimum Gasteiger partial charge on any atom is -0.496 e. The summed E-state index contributed by atoms with van der Waals surface area (Å²) in [7, 11) is 1.60. The minimum atomic E-state index is -0.778. The fourth-order valence-electron chi connectivity index (χ4n) is 2.28. The Hall–Kier alpha value is -2.29. The molecule has 0 aliphatic rings. The highest BCUT2D eigenvalue weighted by molar-refractivity contribution is 5.71. The van der Waals surface area contributed by atoms with Crippen LogP contribution in [-0.2, 0) is 17.6 Å². The fraction of sp³-hybridized carbons (Fsp3) is 0.235. The zero-order valence-electron chi connectivity index (χ0n) is 11.5. The number of benzene rings is 2. The highest BCUT2D eigenvalue weighted by Gasteiger charge is 2.20. The first kappa shape index (κ1) is 14.1. The van der Waals surface area contributed by atoms with Crippen LogP contribution in [0, 0.1) is 5.92 Å². The van der Waals surface area contributed by atoms with E-state index in [1.54, 1.807) is 7.11 Å². The maximum absolute atomic E-state index is 11.5. The molecule has 2 rings (SSSR count). The summed E-state index contributed by atoms with van der Waals surface area (Å²) >= 11 is 0. The fourth-order valence-corrected chi connectivity index (χ4v) is 2.28. The van der Waals surface area contributed by atoms with Crippen LogP contribution in [0.1, 0.15) is 11.1 Å². The molecule has 1 N–H and O–H groups in total. The highest BCUT2D eigenvalue weighted by Crippen LogP contribution is 2.23. The molecular weight excluding hydrogens is 252 g/mol. The molecule has 0 aliphatic carbocycles. The first-order valence-electron chi connectivity index (χ1n) is 6.59. The van der Waals surface area contributed by atoms with Gasteiger partial charge in [-0.05, 0) is 30.0 Å². The highest BCUT2D eigenvalue weighted by atomic mass is 16.5. The van der Waals surface area contributed by atoms with Gasteiger partial charge in [-0.15, -0.1) is 0 Å². The van der Waals surface area contributed by atoms with Crippen LogP contribution >= 0.6 is 0 Å². The molecule has 3 heteroatoms. The van der Waals surface area contributed by atoms with E-state index in [4.69, 9.17) is 4.74 Å². The van der Waals surface area contributed by atoms with Crippen molar-refractivity contribution in [2.24, 2.45) is 5.92 Å². The molecule has 104 valence electrons. The van der Waals surface area contributed by atoms with Gasteiger partial charge in [0, 0.05) is 0 Å². The molecule has 0 radical (unpaired) electrons. The van der Waals surface area contributed by atoms with E-state index in [1.165, 1.54) is 0 Å². The van der Waals surface area contributed by atoms with E-state index in [0.29, 0.717) is 12.8 Å². The average molecular weight is 270 g/mol. The molecule has 0 saturated carbocycles. The summed E-state index contributed by atoms with van der Waals surface area (Å²) in [5, 5.41) is 9.42. The third kappa shape index (κ3) is 3.60. The first-order valence-corrected chi connectivity index (χ1v) is 6.59. The molecule has 0 spiro atoms. The van der Waals surface area contributed by atoms with E-state index in [0.717, 1.165) is 16.9 Å². The van der Waals surface area contributed by atoms with Gasteiger partial charge in [0.25, 0.3) is 0 Å². The van der Waals surface area contributed by atoms with E-state index in [2.05, 4.69) is 0 Å². The van der Waals surface area contributed by atoms with Crippen molar-refractivity contribution in [1.29, 1.82) is 0 Å². The van der Waals surface area contributed by atoms with Gasteiger partial charge in [0.05, 0.1) is 13.0 Å². The van der Waals surface area contributed by atoms with E-state index < -0.39 is 11.9 Å². The molecule has 1 unspecified atom stereocenters. The molecule has 0 amide bonds. The molecule has 0 heterocycles. The van der Waals surface area contributed by atoms with Crippen molar-refractivity contribution >= 4 is 5.97 Å². The van der Waals surface area contributed by atoms with Gasteiger partial charge < -0.3 is 9.84 Å². The number of hydrogen-bond donors (Lipinski definition) is 1. The maximum Gasteiger partial charge on any atom is 0.307 e. The lowest BCUT2D eigenvalue weighted by atomic mass is 9.92. The summed E-state index contributed by atoms with van der Waals surface area (Å²) in [6, 6.07) is 17.3. The molecule has 0 fully saturated rings. The summed E-state index contributed by atoms with van der Waals surface area (Å²) in [4.78, 5) is 11.5. The van der Waals surface area contributed by atoms with Crippen molar-refractivity contribution in [3.8, 4) is 5.75 Å². The van der Waals surface area contributed by atoms with Crippen LogP contribution in [0.4, 0.5) is 0 Å². The molecule has 0 aromatic heterocycles. The number of rotatable bonds is 6. The Kier molecular flexibility index (Phi) is 4.77. The molecule has 20 heavy (non-hydrogen) atoms. The molecule has 3 nitrogen and oxygen atoms in total. The number of methoxy groups -OCH3 is 1. The van der Waals surface area contributed by atoms with E-state index in [9.17, 15) is 9.90 Å². The lowest BCUT2D eigenvalue weighted by molar-refractivity contribution is -0.141. The number of aliphatic carboxylic acids is 1. The van der Waals surface area contributed by atoms with Crippen LogP contribution in [0.25, 0.3) is 0 Å². The second kappa shape index (κ2) is 6.75. The zero-order valence-corrected chi connectivity index (χ0v) is 11.5. The summed E-state index contributed by atoms with van der Waals surface area (Å²) in [5.74, 6) is -0.486. The second-order valence-corrected chi connectivity index (χ2v) is 4.74. The largest absolute Gasteiger partial charge is 0.496 e. The first-order chi connectivity index (χ1) is 9.70. The predicted molar refractivity (Wildman–Crippen MR) is 78.0 cm³/mol. The summed E-state index contributed by atoms with van der Waals surface area (Å²) in [6.45, 7) is 0. The Morgan fingerprint density at radius 3 is 2.35 bits per heavy atom. The standard InChI is InChI=1S/C17H18O3/c1-20-16-10-6-5-9-14(16)12-15(17(18)19)11-13-7-3-2-4-8-13/h2-10,15H,11-12H2,1H3,(H,18,19). The topological polar surface area (TPSA) is 46.5 Å². The minimum absolute atomic E-state index is 0.450. The molecule has 0 bridgehead atoms. The van der Waals surface area contributed by atoms with Gasteiger partial charge in [0.1, 0.15) is 5.75 Å². The number of carboxylic acids is 1. The summed E-state index contributed by atoms with van der Waals surface area (Å²) in [5.41, 5.74) is 1.97. The zero-order chi connectivity index (χ0) is 14.4. The van der Waals surface area contributed by atoms with Gasteiger partial charge >= 0.3 is 5.97 Å². The quantitative estimate of drug-likeness (QED) is 0.877. The number of ether oxygens (including phenoxy) is 1. The Morgan fingerprint density at radius 2 is 1.70 bits per heavy atom. The summed E-state index contributed by atoms with van der Waals surface area (Å²) in [6.07, 6.45) is 0.989. The second-order valence-electron chi connectivity index (χ2n) is 4.74. The molecule has 1 atom stereocenters. The predicted octanol–water partition coefficient (Wildman–Crippen LogP) is 3.18. The van der Waals surface area contributed by atoms with Crippen LogP contribution in [0.15, 0.2) is 54.6 Å². The van der Waals surface area contributed by atoms with Crippen molar-refractivity contribution in [3.05, 3.63) is 65.7 Å². The Morgan fingerprint density at radius 1 is 1.05 bits per heavy atom. The monoisotopic (exact) mass is 270 g/mol. The molecular formula is C17H18O3. The van der Waals surface area contributed by atoms with Gasteiger partial charge in [-0.25, -0.2) is 0 Å². The van der Waals surface area contributed by atoms with Crippen LogP contribution in [0.2, 0.25) is 0 Å². The molecule has 0 saturated heterocycles. The van der Waals surface area contributed by atoms with Crippen LogP contribution in [-0.4, -0.2) is 18.2 Å². The van der Waals surface area contributed by atoms with Crippen LogP contribution < -0.4 is 4.74 Å². The SMILES string of the molecule is COc1ccccc1CC(Cc1ccccc1)C(=O)O. The van der Waals surface area contributed by atoms with Crippen molar-refractivity contribution < 1.29 is 14.6 Å². The average Bonchev–Trinajstić information content (AvgIpc) is 2.48. The molecule has 2 aromatic carbocycles. The summed E-state index contributed by atoms with van der Waals surface area (Å²) < 4.78 is 5.28. The van der Waals surface area contributed by atoms with Gasteiger partial charge in [-0.2, -0.15) is 0 Å². The smallest absolute Gasteiger partial charge is 0.307 e. The number of carbonyl (C=O) groups is 1. The normalized spacial score (nSPS) is 11.8.